The Labute approximate surface area is 456 Å². The lowest BCUT2D eigenvalue weighted by molar-refractivity contribution is -0.379. The summed E-state index contributed by atoms with van der Waals surface area (Å²) < 4.78 is 34.0. The Hall–Kier alpha value is -3.29. The van der Waals surface area contributed by atoms with E-state index in [1.54, 1.807) is 0 Å². The Morgan fingerprint density at radius 3 is 1.36 bits per heavy atom. The standard InChI is InChI=1S/C58H95NO18/c1-3-5-7-8-9-10-11-12-13-14-15-16-17-18-19-20-21-22-23-24-25-26-27-28-29-30-31-32-34-36-46(64)59-41(42(63)35-33-6-4-2)40-72-56-52(70)49(67)54(44(38-61)74-56)77-58-53(71)50(68)55(45(39-62)75-58)76-57-51(69)48(66)47(65)43(37-60)73-57/h5,7,9-10,12-13,15-16,18-19,21-22,24-25,27-28,41-45,47-58,60-63,65-71H,3-4,6,8,11,14,17,20,23,26,29-40H2,1-2H3,(H,59,64)/b7-5-,10-9-,13-12-,16-15-,19-18-,22-21-,25-24-,28-27-. The van der Waals surface area contributed by atoms with Crippen LogP contribution in [-0.4, -0.2) is 193 Å². The number of ether oxygens (including phenoxy) is 6. The molecular formula is C58H95NO18. The smallest absolute Gasteiger partial charge is 0.220 e. The monoisotopic (exact) mass is 1090 g/mol. The summed E-state index contributed by atoms with van der Waals surface area (Å²) in [4.78, 5) is 13.1. The van der Waals surface area contributed by atoms with Crippen molar-refractivity contribution in [3.8, 4) is 0 Å². The Morgan fingerprint density at radius 1 is 0.481 bits per heavy atom. The van der Waals surface area contributed by atoms with Gasteiger partial charge in [-0.05, 0) is 77.0 Å². The summed E-state index contributed by atoms with van der Waals surface area (Å²) in [5.74, 6) is -0.286. The zero-order chi connectivity index (χ0) is 56.2. The molecule has 19 heteroatoms. The highest BCUT2D eigenvalue weighted by Gasteiger charge is 2.53. The predicted octanol–water partition coefficient (Wildman–Crippen LogP) is 3.81. The third-order valence-corrected chi connectivity index (χ3v) is 13.4. The number of rotatable bonds is 38. The molecule has 0 bridgehead atoms. The summed E-state index contributed by atoms with van der Waals surface area (Å²) in [5.41, 5.74) is 0. The van der Waals surface area contributed by atoms with Crippen molar-refractivity contribution < 1.29 is 89.4 Å². The minimum absolute atomic E-state index is 0.226. The number of hydrogen-bond acceptors (Lipinski definition) is 18. The molecule has 0 aromatic rings. The van der Waals surface area contributed by atoms with E-state index in [4.69, 9.17) is 28.4 Å². The van der Waals surface area contributed by atoms with Crippen molar-refractivity contribution in [3.63, 3.8) is 0 Å². The third kappa shape index (κ3) is 25.4. The van der Waals surface area contributed by atoms with Crippen LogP contribution >= 0.6 is 0 Å². The molecule has 1 amide bonds. The van der Waals surface area contributed by atoms with Crippen molar-refractivity contribution in [1.82, 2.24) is 5.32 Å². The topological polar surface area (TPSA) is 307 Å². The fourth-order valence-electron chi connectivity index (χ4n) is 8.80. The maximum absolute atomic E-state index is 13.1. The Kier molecular flexibility index (Phi) is 36.0. The van der Waals surface area contributed by atoms with Crippen LogP contribution in [0.25, 0.3) is 0 Å². The number of unbranched alkanes of at least 4 members (excludes halogenated alkanes) is 6. The summed E-state index contributed by atoms with van der Waals surface area (Å²) in [6.07, 6.45) is 23.5. The van der Waals surface area contributed by atoms with Gasteiger partial charge < -0.3 is 89.9 Å². The van der Waals surface area contributed by atoms with Crippen LogP contribution in [0.15, 0.2) is 97.2 Å². The molecule has 12 N–H and O–H groups in total. The molecule has 77 heavy (non-hydrogen) atoms. The average molecular weight is 1090 g/mol. The van der Waals surface area contributed by atoms with E-state index >= 15 is 0 Å². The Morgan fingerprint density at radius 2 is 0.896 bits per heavy atom. The number of nitrogens with one attached hydrogen (secondary N) is 1. The fourth-order valence-corrected chi connectivity index (χ4v) is 8.80. The average Bonchev–Trinajstić information content (AvgIpc) is 3.43. The molecule has 3 fully saturated rings. The molecule has 17 atom stereocenters. The highest BCUT2D eigenvalue weighted by Crippen LogP contribution is 2.33. The number of aliphatic hydroxyl groups excluding tert-OH is 11. The van der Waals surface area contributed by atoms with E-state index in [0.29, 0.717) is 19.3 Å². The Bertz CT molecular complexity index is 1780. The third-order valence-electron chi connectivity index (χ3n) is 13.4. The van der Waals surface area contributed by atoms with Crippen molar-refractivity contribution in [2.24, 2.45) is 0 Å². The SMILES string of the molecule is CC/C=C\C/C=C\C/C=C\C/C=C\C/C=C\C/C=C\C/C=C\C/C=C\CCCCCCC(=O)NC(COC1OC(CO)C(OC2OC(CO)C(OC3OC(CO)C(O)C(O)C3O)C(O)C2O)C(O)C1O)C(O)CCCCC. The fraction of sp³-hybridized carbons (Fsp3) is 0.707. The second kappa shape index (κ2) is 40.8. The molecule has 0 aliphatic carbocycles. The lowest BCUT2D eigenvalue weighted by Gasteiger charge is -2.48. The number of carbonyl (C=O) groups is 1. The molecule has 3 aliphatic heterocycles. The highest BCUT2D eigenvalue weighted by molar-refractivity contribution is 5.76. The van der Waals surface area contributed by atoms with Gasteiger partial charge in [-0.3, -0.25) is 4.79 Å². The molecule has 3 saturated heterocycles. The predicted molar refractivity (Wildman–Crippen MR) is 290 cm³/mol. The largest absolute Gasteiger partial charge is 0.394 e. The van der Waals surface area contributed by atoms with Gasteiger partial charge in [0.15, 0.2) is 18.9 Å². The van der Waals surface area contributed by atoms with Gasteiger partial charge in [-0.2, -0.15) is 0 Å². The maximum atomic E-state index is 13.1. The van der Waals surface area contributed by atoms with E-state index in [2.05, 4.69) is 109 Å². The number of aliphatic hydroxyl groups is 11. The van der Waals surface area contributed by atoms with Gasteiger partial charge in [0.1, 0.15) is 73.2 Å². The van der Waals surface area contributed by atoms with Gasteiger partial charge >= 0.3 is 0 Å². The molecular weight excluding hydrogens is 999 g/mol. The lowest BCUT2D eigenvalue weighted by atomic mass is 9.96. The second-order valence-electron chi connectivity index (χ2n) is 19.7. The molecule has 17 unspecified atom stereocenters. The summed E-state index contributed by atoms with van der Waals surface area (Å²) in [5, 5.41) is 119. The van der Waals surface area contributed by atoms with Crippen molar-refractivity contribution in [2.75, 3.05) is 26.4 Å². The van der Waals surface area contributed by atoms with Gasteiger partial charge in [0, 0.05) is 6.42 Å². The second-order valence-corrected chi connectivity index (χ2v) is 19.7. The van der Waals surface area contributed by atoms with E-state index in [-0.39, 0.29) is 18.9 Å². The molecule has 3 aliphatic rings. The summed E-state index contributed by atoms with van der Waals surface area (Å²) in [6, 6.07) is -0.903. The zero-order valence-corrected chi connectivity index (χ0v) is 45.4. The van der Waals surface area contributed by atoms with Crippen LogP contribution in [0, 0.1) is 0 Å². The summed E-state index contributed by atoms with van der Waals surface area (Å²) >= 11 is 0. The quantitative estimate of drug-likeness (QED) is 0.0309. The molecule has 0 aromatic heterocycles. The van der Waals surface area contributed by atoms with E-state index < -0.39 is 124 Å². The Balaban J connectivity index is 1.36. The molecule has 3 heterocycles. The van der Waals surface area contributed by atoms with Crippen molar-refractivity contribution in [3.05, 3.63) is 97.2 Å². The van der Waals surface area contributed by atoms with E-state index in [0.717, 1.165) is 89.9 Å². The first kappa shape index (κ1) is 68.0. The molecule has 0 radical (unpaired) electrons. The van der Waals surface area contributed by atoms with Gasteiger partial charge in [-0.1, -0.05) is 143 Å². The molecule has 0 spiro atoms. The number of allylic oxidation sites excluding steroid dienone is 16. The van der Waals surface area contributed by atoms with Crippen LogP contribution in [0.3, 0.4) is 0 Å². The van der Waals surface area contributed by atoms with Gasteiger partial charge in [0.2, 0.25) is 5.91 Å². The van der Waals surface area contributed by atoms with E-state index in [1.807, 2.05) is 6.92 Å². The molecule has 0 aromatic carbocycles. The van der Waals surface area contributed by atoms with Gasteiger partial charge in [0.05, 0.1) is 38.6 Å². The maximum Gasteiger partial charge on any atom is 0.220 e. The molecule has 3 rings (SSSR count). The van der Waals surface area contributed by atoms with E-state index in [9.17, 15) is 61.0 Å². The highest BCUT2D eigenvalue weighted by atomic mass is 16.8. The van der Waals surface area contributed by atoms with Crippen LogP contribution in [0.4, 0.5) is 0 Å². The first-order valence-corrected chi connectivity index (χ1v) is 28.0. The lowest BCUT2D eigenvalue weighted by Crippen LogP contribution is -2.66. The van der Waals surface area contributed by atoms with Crippen LogP contribution in [-0.2, 0) is 33.2 Å². The zero-order valence-electron chi connectivity index (χ0n) is 45.4. The summed E-state index contributed by atoms with van der Waals surface area (Å²) in [6.45, 7) is 1.41. The van der Waals surface area contributed by atoms with E-state index in [1.165, 1.54) is 0 Å². The van der Waals surface area contributed by atoms with Crippen LogP contribution in [0.2, 0.25) is 0 Å². The number of carbonyl (C=O) groups excluding carboxylic acids is 1. The van der Waals surface area contributed by atoms with Crippen LogP contribution in [0.5, 0.6) is 0 Å². The van der Waals surface area contributed by atoms with Gasteiger partial charge in [-0.25, -0.2) is 0 Å². The van der Waals surface area contributed by atoms with Crippen molar-refractivity contribution in [1.29, 1.82) is 0 Å². The first-order chi connectivity index (χ1) is 37.3. The summed E-state index contributed by atoms with van der Waals surface area (Å²) in [7, 11) is 0. The van der Waals surface area contributed by atoms with Gasteiger partial charge in [-0.15, -0.1) is 0 Å². The molecule has 0 saturated carbocycles. The first-order valence-electron chi connectivity index (χ1n) is 28.0. The van der Waals surface area contributed by atoms with Crippen molar-refractivity contribution in [2.45, 2.75) is 234 Å². The van der Waals surface area contributed by atoms with Crippen LogP contribution in [0.1, 0.15) is 129 Å². The minimum atomic E-state index is -1.98. The number of amides is 1. The van der Waals surface area contributed by atoms with Gasteiger partial charge in [0.25, 0.3) is 0 Å². The normalized spacial score (nSPS) is 31.5. The van der Waals surface area contributed by atoms with Crippen LogP contribution < -0.4 is 5.32 Å². The molecule has 440 valence electrons. The molecule has 19 nitrogen and oxygen atoms in total. The number of hydrogen-bond donors (Lipinski definition) is 12. The minimum Gasteiger partial charge on any atom is -0.394 e. The van der Waals surface area contributed by atoms with Crippen molar-refractivity contribution >= 4 is 5.91 Å².